The zero-order valence-electron chi connectivity index (χ0n) is 14.4. The van der Waals surface area contributed by atoms with Crippen LogP contribution in [-0.4, -0.2) is 23.9 Å². The smallest absolute Gasteiger partial charge is 0.293 e. The molecule has 0 bridgehead atoms. The monoisotopic (exact) mass is 417 g/mol. The lowest BCUT2D eigenvalue weighted by molar-refractivity contribution is -0.384. The van der Waals surface area contributed by atoms with E-state index in [2.05, 4.69) is 21.2 Å². The van der Waals surface area contributed by atoms with Gasteiger partial charge in [0.2, 0.25) is 0 Å². The number of benzene rings is 2. The number of nitrogens with zero attached hydrogens (tertiary/aromatic N) is 2. The molecule has 136 valence electrons. The topological polar surface area (TPSA) is 75.5 Å². The summed E-state index contributed by atoms with van der Waals surface area (Å²) in [6, 6.07) is 12.2. The van der Waals surface area contributed by atoms with E-state index < -0.39 is 4.92 Å². The minimum atomic E-state index is -0.414. The highest BCUT2D eigenvalue weighted by Crippen LogP contribution is 2.31. The summed E-state index contributed by atoms with van der Waals surface area (Å²) in [5, 5.41) is 14.4. The van der Waals surface area contributed by atoms with Crippen LogP contribution >= 0.6 is 15.9 Å². The van der Waals surface area contributed by atoms with Gasteiger partial charge in [-0.1, -0.05) is 28.1 Å². The van der Waals surface area contributed by atoms with Crippen LogP contribution in [0.3, 0.4) is 0 Å². The molecule has 7 heteroatoms. The summed E-state index contributed by atoms with van der Waals surface area (Å²) in [6.45, 7) is 3.51. The molecule has 6 nitrogen and oxygen atoms in total. The summed E-state index contributed by atoms with van der Waals surface area (Å²) in [5.41, 5.74) is 1.83. The van der Waals surface area contributed by atoms with Crippen LogP contribution in [0.25, 0.3) is 0 Å². The van der Waals surface area contributed by atoms with Gasteiger partial charge >= 0.3 is 0 Å². The van der Waals surface area contributed by atoms with Crippen molar-refractivity contribution in [3.8, 4) is 0 Å². The molecule has 1 amide bonds. The number of carbonyl (C=O) groups is 1. The van der Waals surface area contributed by atoms with E-state index in [1.807, 2.05) is 36.1 Å². The highest BCUT2D eigenvalue weighted by molar-refractivity contribution is 9.10. The van der Waals surface area contributed by atoms with Crippen molar-refractivity contribution in [2.45, 2.75) is 25.8 Å². The number of nitrogens with one attached hydrogen (secondary N) is 1. The molecule has 3 rings (SSSR count). The summed E-state index contributed by atoms with van der Waals surface area (Å²) in [6.07, 6.45) is 2.06. The first-order valence-corrected chi connectivity index (χ1v) is 9.35. The van der Waals surface area contributed by atoms with Crippen molar-refractivity contribution in [2.24, 2.45) is 0 Å². The van der Waals surface area contributed by atoms with Crippen LogP contribution in [0.2, 0.25) is 0 Å². The molecule has 0 aliphatic carbocycles. The Kier molecular flexibility index (Phi) is 5.56. The average Bonchev–Trinajstić information content (AvgIpc) is 3.16. The summed E-state index contributed by atoms with van der Waals surface area (Å²) < 4.78 is 0.966. The van der Waals surface area contributed by atoms with Crippen molar-refractivity contribution < 1.29 is 9.72 Å². The number of rotatable bonds is 5. The molecule has 1 aliphatic rings. The lowest BCUT2D eigenvalue weighted by Gasteiger charge is -2.18. The van der Waals surface area contributed by atoms with Crippen LogP contribution in [0.1, 0.15) is 41.7 Å². The van der Waals surface area contributed by atoms with Gasteiger partial charge in [0.1, 0.15) is 5.69 Å². The van der Waals surface area contributed by atoms with Gasteiger partial charge in [-0.2, -0.15) is 0 Å². The van der Waals surface area contributed by atoms with Crippen molar-refractivity contribution in [1.82, 2.24) is 5.32 Å². The molecule has 1 fully saturated rings. The lowest BCUT2D eigenvalue weighted by Crippen LogP contribution is -2.27. The first kappa shape index (κ1) is 18.4. The van der Waals surface area contributed by atoms with E-state index in [0.717, 1.165) is 36.0 Å². The van der Waals surface area contributed by atoms with Crippen molar-refractivity contribution in [3.63, 3.8) is 0 Å². The Morgan fingerprint density at radius 1 is 1.19 bits per heavy atom. The second kappa shape index (κ2) is 7.86. The summed E-state index contributed by atoms with van der Waals surface area (Å²) in [4.78, 5) is 25.6. The van der Waals surface area contributed by atoms with E-state index in [9.17, 15) is 14.9 Å². The molecule has 0 radical (unpaired) electrons. The molecule has 2 aromatic carbocycles. The van der Waals surface area contributed by atoms with Gasteiger partial charge in [-0.25, -0.2) is 0 Å². The molecule has 0 spiro atoms. The van der Waals surface area contributed by atoms with Gasteiger partial charge in [-0.15, -0.1) is 0 Å². The van der Waals surface area contributed by atoms with E-state index in [1.165, 1.54) is 6.07 Å². The van der Waals surface area contributed by atoms with Crippen LogP contribution in [0, 0.1) is 10.1 Å². The van der Waals surface area contributed by atoms with Gasteiger partial charge in [0.15, 0.2) is 0 Å². The molecule has 1 saturated heterocycles. The molecule has 1 heterocycles. The summed E-state index contributed by atoms with van der Waals surface area (Å²) in [7, 11) is 0. The number of carbonyl (C=O) groups excluding carboxylic acids is 1. The highest BCUT2D eigenvalue weighted by atomic mass is 79.9. The molecular formula is C19H20BrN3O3. The van der Waals surface area contributed by atoms with Crippen LogP contribution in [0.5, 0.6) is 0 Å². The second-order valence-corrected chi connectivity index (χ2v) is 7.32. The molecule has 1 aliphatic heterocycles. The maximum Gasteiger partial charge on any atom is 0.293 e. The highest BCUT2D eigenvalue weighted by Gasteiger charge is 2.24. The zero-order valence-corrected chi connectivity index (χ0v) is 16.0. The van der Waals surface area contributed by atoms with Crippen LogP contribution < -0.4 is 10.2 Å². The zero-order chi connectivity index (χ0) is 18.7. The Hall–Kier alpha value is -2.41. The Balaban J connectivity index is 1.79. The molecule has 26 heavy (non-hydrogen) atoms. The fourth-order valence-electron chi connectivity index (χ4n) is 3.15. The summed E-state index contributed by atoms with van der Waals surface area (Å²) in [5.74, 6) is -0.323. The lowest BCUT2D eigenvalue weighted by atomic mass is 10.1. The van der Waals surface area contributed by atoms with Gasteiger partial charge in [0.25, 0.3) is 11.6 Å². The largest absolute Gasteiger partial charge is 0.366 e. The van der Waals surface area contributed by atoms with E-state index in [4.69, 9.17) is 0 Å². The van der Waals surface area contributed by atoms with Gasteiger partial charge < -0.3 is 10.2 Å². The Bertz CT molecular complexity index is 817. The number of anilines is 1. The third-order valence-corrected chi connectivity index (χ3v) is 5.13. The van der Waals surface area contributed by atoms with Crippen LogP contribution in [-0.2, 0) is 0 Å². The molecular weight excluding hydrogens is 398 g/mol. The Morgan fingerprint density at radius 3 is 2.46 bits per heavy atom. The van der Waals surface area contributed by atoms with Crippen LogP contribution in [0.15, 0.2) is 46.9 Å². The minimum Gasteiger partial charge on any atom is -0.366 e. The van der Waals surface area contributed by atoms with E-state index in [1.54, 1.807) is 12.1 Å². The van der Waals surface area contributed by atoms with E-state index >= 15 is 0 Å². The normalized spacial score (nSPS) is 14.9. The maximum atomic E-state index is 12.5. The SMILES string of the molecule is CC(NC(=O)c1ccc(N2CCCC2)c([N+](=O)[O-])c1)c1ccc(Br)cc1. The van der Waals surface area contributed by atoms with Crippen LogP contribution in [0.4, 0.5) is 11.4 Å². The molecule has 2 aromatic rings. The Labute approximate surface area is 160 Å². The number of hydrogen-bond acceptors (Lipinski definition) is 4. The van der Waals surface area contributed by atoms with E-state index in [-0.39, 0.29) is 17.6 Å². The van der Waals surface area contributed by atoms with Gasteiger partial charge in [0.05, 0.1) is 11.0 Å². The third-order valence-electron chi connectivity index (χ3n) is 4.60. The molecule has 0 saturated carbocycles. The molecule has 1 atom stereocenters. The second-order valence-electron chi connectivity index (χ2n) is 6.40. The molecule has 1 N–H and O–H groups in total. The number of nitro benzene ring substituents is 1. The average molecular weight is 418 g/mol. The number of halogens is 1. The number of nitro groups is 1. The van der Waals surface area contributed by atoms with Crippen molar-refractivity contribution in [1.29, 1.82) is 0 Å². The third kappa shape index (κ3) is 4.04. The molecule has 0 aromatic heterocycles. The van der Waals surface area contributed by atoms with Gasteiger partial charge in [-0.3, -0.25) is 14.9 Å². The predicted molar refractivity (Wildman–Crippen MR) is 105 cm³/mol. The van der Waals surface area contributed by atoms with Gasteiger partial charge in [0, 0.05) is 29.2 Å². The first-order chi connectivity index (χ1) is 12.5. The van der Waals surface area contributed by atoms with Crippen molar-refractivity contribution in [2.75, 3.05) is 18.0 Å². The van der Waals surface area contributed by atoms with E-state index in [0.29, 0.717) is 11.3 Å². The number of amides is 1. The molecule has 1 unspecified atom stereocenters. The van der Waals surface area contributed by atoms with Crippen molar-refractivity contribution >= 4 is 33.2 Å². The maximum absolute atomic E-state index is 12.5. The summed E-state index contributed by atoms with van der Waals surface area (Å²) >= 11 is 3.38. The van der Waals surface area contributed by atoms with Crippen molar-refractivity contribution in [3.05, 3.63) is 68.2 Å². The fourth-order valence-corrected chi connectivity index (χ4v) is 3.42. The quantitative estimate of drug-likeness (QED) is 0.575. The first-order valence-electron chi connectivity index (χ1n) is 8.55. The number of hydrogen-bond donors (Lipinski definition) is 1. The Morgan fingerprint density at radius 2 is 1.85 bits per heavy atom. The standard InChI is InChI=1S/C19H20BrN3O3/c1-13(14-4-7-16(20)8-5-14)21-19(24)15-6-9-17(18(12-15)23(25)26)22-10-2-3-11-22/h4-9,12-13H,2-3,10-11H2,1H3,(H,21,24). The van der Waals surface area contributed by atoms with Gasteiger partial charge in [-0.05, 0) is 49.6 Å². The fraction of sp³-hybridized carbons (Fsp3) is 0.316. The predicted octanol–water partition coefficient (Wildman–Crippen LogP) is 4.45. The minimum absolute atomic E-state index is 0.0177.